The summed E-state index contributed by atoms with van der Waals surface area (Å²) in [5.74, 6) is -8.67. The summed E-state index contributed by atoms with van der Waals surface area (Å²) in [6.07, 6.45) is -6.63. The molecule has 0 radical (unpaired) electrons. The van der Waals surface area contributed by atoms with E-state index in [0.29, 0.717) is 0 Å². The molecule has 5 atom stereocenters. The first-order chi connectivity index (χ1) is 9.23. The molecule has 2 aliphatic rings. The first-order valence-corrected chi connectivity index (χ1v) is 5.77. The molecule has 2 fully saturated rings. The van der Waals surface area contributed by atoms with Gasteiger partial charge in [-0.3, -0.25) is 9.59 Å². The molecular formula is C10H14O10. The van der Waals surface area contributed by atoms with Gasteiger partial charge < -0.3 is 39.7 Å². The quantitative estimate of drug-likeness (QED) is 0.304. The molecule has 2 heterocycles. The van der Waals surface area contributed by atoms with E-state index in [-0.39, 0.29) is 0 Å². The van der Waals surface area contributed by atoms with Crippen LogP contribution in [0.2, 0.25) is 0 Å². The van der Waals surface area contributed by atoms with E-state index in [4.69, 9.17) is 9.84 Å². The molecule has 0 bridgehead atoms. The molecule has 0 aromatic rings. The van der Waals surface area contributed by atoms with E-state index >= 15 is 0 Å². The third-order valence-corrected chi connectivity index (χ3v) is 3.10. The van der Waals surface area contributed by atoms with Crippen LogP contribution in [0.4, 0.5) is 0 Å². The van der Waals surface area contributed by atoms with Crippen LogP contribution in [0, 0.1) is 0 Å². The van der Waals surface area contributed by atoms with E-state index in [1.807, 2.05) is 0 Å². The van der Waals surface area contributed by atoms with Crippen molar-refractivity contribution in [2.45, 2.75) is 42.9 Å². The minimum atomic E-state index is -3.24. The number of ether oxygens (including phenoxy) is 3. The van der Waals surface area contributed by atoms with Gasteiger partial charge in [0, 0.05) is 0 Å². The zero-order valence-corrected chi connectivity index (χ0v) is 10.1. The van der Waals surface area contributed by atoms with Crippen molar-refractivity contribution < 1.29 is 49.3 Å². The van der Waals surface area contributed by atoms with Crippen molar-refractivity contribution in [2.24, 2.45) is 0 Å². The van der Waals surface area contributed by atoms with Crippen LogP contribution in [0.3, 0.4) is 0 Å². The minimum Gasteiger partial charge on any atom is -0.420 e. The standard InChI is InChI=1S/C10H14O10/c11-3-4-7(14)8(15)9(16)10(17,18-4)20-6(13)2-1-5(12)19-9/h4,7-8,11,14-17H,1-3H2/t4-,7+,8+,9-,10?/m1/s1. The summed E-state index contributed by atoms with van der Waals surface area (Å²) in [6.45, 7) is -0.859. The molecule has 0 aromatic heterocycles. The van der Waals surface area contributed by atoms with Gasteiger partial charge in [-0.1, -0.05) is 0 Å². The van der Waals surface area contributed by atoms with E-state index < -0.39 is 61.5 Å². The van der Waals surface area contributed by atoms with Gasteiger partial charge in [0.05, 0.1) is 19.4 Å². The number of hydrogen-bond acceptors (Lipinski definition) is 10. The number of aliphatic hydroxyl groups is 5. The molecule has 20 heavy (non-hydrogen) atoms. The van der Waals surface area contributed by atoms with Gasteiger partial charge in [0.1, 0.15) is 12.2 Å². The first-order valence-electron chi connectivity index (χ1n) is 5.77. The van der Waals surface area contributed by atoms with Gasteiger partial charge in [0.25, 0.3) is 0 Å². The van der Waals surface area contributed by atoms with Crippen LogP contribution in [0.1, 0.15) is 12.8 Å². The fraction of sp³-hybridized carbons (Fsp3) is 0.800. The van der Waals surface area contributed by atoms with Gasteiger partial charge in [-0.15, -0.1) is 0 Å². The average Bonchev–Trinajstić information content (AvgIpc) is 2.38. The highest BCUT2D eigenvalue weighted by atomic mass is 16.9. The molecule has 10 heteroatoms. The Labute approximate surface area is 112 Å². The third kappa shape index (κ3) is 2.16. The topological polar surface area (TPSA) is 163 Å². The maximum atomic E-state index is 11.4. The molecule has 0 saturated carbocycles. The van der Waals surface area contributed by atoms with E-state index in [2.05, 4.69) is 9.47 Å². The summed E-state index contributed by atoms with van der Waals surface area (Å²) in [5, 5.41) is 48.6. The molecule has 1 unspecified atom stereocenters. The summed E-state index contributed by atoms with van der Waals surface area (Å²) in [4.78, 5) is 22.8. The second-order valence-electron chi connectivity index (χ2n) is 4.50. The maximum Gasteiger partial charge on any atom is 0.399 e. The molecular weight excluding hydrogens is 280 g/mol. The van der Waals surface area contributed by atoms with Crippen molar-refractivity contribution in [1.29, 1.82) is 0 Å². The van der Waals surface area contributed by atoms with Gasteiger partial charge in [-0.2, -0.15) is 0 Å². The van der Waals surface area contributed by atoms with Crippen LogP contribution in [-0.4, -0.2) is 74.2 Å². The lowest BCUT2D eigenvalue weighted by Gasteiger charge is -2.50. The highest BCUT2D eigenvalue weighted by Gasteiger charge is 2.70. The molecule has 10 nitrogen and oxygen atoms in total. The van der Waals surface area contributed by atoms with Crippen LogP contribution in [0.5, 0.6) is 0 Å². The van der Waals surface area contributed by atoms with Crippen LogP contribution in [-0.2, 0) is 23.8 Å². The van der Waals surface area contributed by atoms with Crippen molar-refractivity contribution >= 4 is 11.9 Å². The van der Waals surface area contributed by atoms with Crippen molar-refractivity contribution in [3.8, 4) is 0 Å². The molecule has 0 spiro atoms. The number of fused-ring (bicyclic) bond motifs is 1. The molecule has 2 aliphatic heterocycles. The number of aliphatic hydroxyl groups excluding tert-OH is 3. The molecule has 0 aromatic carbocycles. The van der Waals surface area contributed by atoms with Gasteiger partial charge >= 0.3 is 23.7 Å². The average molecular weight is 294 g/mol. The highest BCUT2D eigenvalue weighted by Crippen LogP contribution is 2.40. The zero-order valence-electron chi connectivity index (χ0n) is 10.1. The summed E-state index contributed by atoms with van der Waals surface area (Å²) in [6, 6.07) is 0. The smallest absolute Gasteiger partial charge is 0.399 e. The molecule has 0 aliphatic carbocycles. The summed E-state index contributed by atoms with van der Waals surface area (Å²) < 4.78 is 13.6. The van der Waals surface area contributed by atoms with Crippen LogP contribution < -0.4 is 0 Å². The molecule has 0 amide bonds. The molecule has 2 saturated heterocycles. The summed E-state index contributed by atoms with van der Waals surface area (Å²) >= 11 is 0. The predicted octanol–water partition coefficient (Wildman–Crippen LogP) is -3.69. The van der Waals surface area contributed by atoms with Crippen molar-refractivity contribution in [3.63, 3.8) is 0 Å². The minimum absolute atomic E-state index is 0.441. The number of carbonyl (C=O) groups excluding carboxylic acids is 2. The maximum absolute atomic E-state index is 11.4. The van der Waals surface area contributed by atoms with Crippen molar-refractivity contribution in [1.82, 2.24) is 0 Å². The Hall–Kier alpha value is -1.30. The molecule has 2 rings (SSSR count). The van der Waals surface area contributed by atoms with E-state index in [1.54, 1.807) is 0 Å². The highest BCUT2D eigenvalue weighted by molar-refractivity contribution is 5.78. The second-order valence-corrected chi connectivity index (χ2v) is 4.50. The number of hydrogen-bond donors (Lipinski definition) is 5. The van der Waals surface area contributed by atoms with E-state index in [9.17, 15) is 30.0 Å². The predicted molar refractivity (Wildman–Crippen MR) is 55.3 cm³/mol. The van der Waals surface area contributed by atoms with Gasteiger partial charge in [0.2, 0.25) is 0 Å². The van der Waals surface area contributed by atoms with Crippen molar-refractivity contribution in [2.75, 3.05) is 6.61 Å². The Balaban J connectivity index is 2.43. The van der Waals surface area contributed by atoms with Crippen LogP contribution in [0.15, 0.2) is 0 Å². The number of rotatable bonds is 1. The Morgan fingerprint density at radius 2 is 1.65 bits per heavy atom. The lowest BCUT2D eigenvalue weighted by atomic mass is 9.93. The number of esters is 2. The lowest BCUT2D eigenvalue weighted by molar-refractivity contribution is -0.512. The SMILES string of the molecule is O=C1CCC(=O)O[C@]2(O)[C@@H](O)[C@@H](O)[C@@H](CO)OC2(O)O1. The van der Waals surface area contributed by atoms with E-state index in [0.717, 1.165) is 0 Å². The van der Waals surface area contributed by atoms with Gasteiger partial charge in [0.15, 0.2) is 6.10 Å². The normalized spacial score (nSPS) is 45.8. The van der Waals surface area contributed by atoms with Gasteiger partial charge in [-0.05, 0) is 0 Å². The molecule has 5 N–H and O–H groups in total. The Kier molecular flexibility index (Phi) is 3.71. The van der Waals surface area contributed by atoms with Crippen LogP contribution >= 0.6 is 0 Å². The monoisotopic (exact) mass is 294 g/mol. The first kappa shape index (κ1) is 15.1. The van der Waals surface area contributed by atoms with Crippen LogP contribution in [0.25, 0.3) is 0 Å². The Morgan fingerprint density at radius 1 is 1.10 bits per heavy atom. The second kappa shape index (κ2) is 4.91. The zero-order chi connectivity index (χ0) is 15.1. The van der Waals surface area contributed by atoms with E-state index in [1.165, 1.54) is 0 Å². The van der Waals surface area contributed by atoms with Gasteiger partial charge in [-0.25, -0.2) is 0 Å². The lowest BCUT2D eigenvalue weighted by Crippen LogP contribution is -2.76. The number of carbonyl (C=O) groups is 2. The van der Waals surface area contributed by atoms with Crippen molar-refractivity contribution in [3.05, 3.63) is 0 Å². The summed E-state index contributed by atoms with van der Waals surface area (Å²) in [5.41, 5.74) is 0. The largest absolute Gasteiger partial charge is 0.420 e. The molecule has 114 valence electrons. The Bertz CT molecular complexity index is 424. The summed E-state index contributed by atoms with van der Waals surface area (Å²) in [7, 11) is 0. The fourth-order valence-corrected chi connectivity index (χ4v) is 1.98. The third-order valence-electron chi connectivity index (χ3n) is 3.10. The Morgan fingerprint density at radius 3 is 2.20 bits per heavy atom. The fourth-order valence-electron chi connectivity index (χ4n) is 1.98.